The predicted octanol–water partition coefficient (Wildman–Crippen LogP) is 9.06. The first kappa shape index (κ1) is 31.8. The summed E-state index contributed by atoms with van der Waals surface area (Å²) in [6.07, 6.45) is 18.1. The number of carbonyl (C=O) groups is 1. The van der Waals surface area contributed by atoms with Gasteiger partial charge in [-0.15, -0.1) is 6.58 Å². The Morgan fingerprint density at radius 2 is 1.19 bits per heavy atom. The van der Waals surface area contributed by atoms with Crippen molar-refractivity contribution < 1.29 is 14.6 Å². The van der Waals surface area contributed by atoms with Crippen molar-refractivity contribution in [2.75, 3.05) is 13.2 Å². The maximum Gasteiger partial charge on any atom is 0.199 e. The second-order valence-corrected chi connectivity index (χ2v) is 9.56. The lowest BCUT2D eigenvalue weighted by Gasteiger charge is -2.26. The van der Waals surface area contributed by atoms with E-state index in [1.807, 2.05) is 24.3 Å². The molecule has 0 fully saturated rings. The van der Waals surface area contributed by atoms with Crippen molar-refractivity contribution in [3.05, 3.63) is 84.4 Å². The van der Waals surface area contributed by atoms with Gasteiger partial charge < -0.3 is 9.84 Å². The highest BCUT2D eigenvalue weighted by Gasteiger charge is 2.36. The number of ketones is 1. The Balaban J connectivity index is 0.000000363. The molecule has 36 heavy (non-hydrogen) atoms. The van der Waals surface area contributed by atoms with Crippen LogP contribution in [-0.2, 0) is 10.3 Å². The van der Waals surface area contributed by atoms with Crippen LogP contribution in [0.25, 0.3) is 0 Å². The summed E-state index contributed by atoms with van der Waals surface area (Å²) in [5.41, 5.74) is -0.468. The Kier molecular flexibility index (Phi) is 18.5. The van der Waals surface area contributed by atoms with Gasteiger partial charge in [0.15, 0.2) is 11.4 Å². The van der Waals surface area contributed by atoms with Gasteiger partial charge in [0.25, 0.3) is 0 Å². The van der Waals surface area contributed by atoms with Crippen LogP contribution in [0.4, 0.5) is 0 Å². The lowest BCUT2D eigenvalue weighted by Crippen LogP contribution is -2.35. The monoisotopic (exact) mass is 494 g/mol. The number of aliphatic hydroxyl groups is 1. The number of rotatable bonds is 19. The van der Waals surface area contributed by atoms with Gasteiger partial charge >= 0.3 is 0 Å². The molecule has 0 saturated carbocycles. The van der Waals surface area contributed by atoms with E-state index in [0.29, 0.717) is 11.1 Å². The van der Waals surface area contributed by atoms with Crippen LogP contribution in [0.1, 0.15) is 113 Å². The van der Waals surface area contributed by atoms with Crippen molar-refractivity contribution in [1.29, 1.82) is 0 Å². The highest BCUT2D eigenvalue weighted by atomic mass is 16.5. The molecule has 0 aliphatic heterocycles. The van der Waals surface area contributed by atoms with Crippen LogP contribution in [0.2, 0.25) is 0 Å². The lowest BCUT2D eigenvalue weighted by atomic mass is 9.83. The van der Waals surface area contributed by atoms with Gasteiger partial charge in [-0.05, 0) is 18.4 Å². The van der Waals surface area contributed by atoms with Crippen molar-refractivity contribution in [3.63, 3.8) is 0 Å². The van der Waals surface area contributed by atoms with Crippen molar-refractivity contribution in [3.8, 4) is 0 Å². The zero-order chi connectivity index (χ0) is 26.3. The third-order valence-electron chi connectivity index (χ3n) is 6.39. The maximum atomic E-state index is 12.6. The molecular weight excluding hydrogens is 444 g/mol. The lowest BCUT2D eigenvalue weighted by molar-refractivity contribution is 0.0313. The van der Waals surface area contributed by atoms with E-state index in [1.165, 1.54) is 77.0 Å². The van der Waals surface area contributed by atoms with E-state index in [4.69, 9.17) is 4.74 Å². The van der Waals surface area contributed by atoms with E-state index >= 15 is 0 Å². The van der Waals surface area contributed by atoms with Gasteiger partial charge in [-0.1, -0.05) is 145 Å². The molecule has 0 aliphatic rings. The zero-order valence-corrected chi connectivity index (χ0v) is 22.9. The Morgan fingerprint density at radius 1 is 0.750 bits per heavy atom. The summed E-state index contributed by atoms with van der Waals surface area (Å²) in [6.45, 7) is 10.1. The quantitative estimate of drug-likeness (QED) is 0.120. The molecule has 2 aromatic rings. The first-order valence-electron chi connectivity index (χ1n) is 14.2. The molecule has 1 N–H and O–H groups in total. The van der Waals surface area contributed by atoms with Crippen molar-refractivity contribution in [2.45, 2.75) is 103 Å². The van der Waals surface area contributed by atoms with Crippen LogP contribution in [0.5, 0.6) is 0 Å². The second-order valence-electron chi connectivity index (χ2n) is 9.56. The summed E-state index contributed by atoms with van der Waals surface area (Å²) in [4.78, 5) is 12.6. The molecule has 0 radical (unpaired) electrons. The van der Waals surface area contributed by atoms with Crippen LogP contribution >= 0.6 is 0 Å². The molecule has 3 nitrogen and oxygen atoms in total. The molecule has 0 saturated heterocycles. The number of hydrogen-bond donors (Lipinski definition) is 1. The van der Waals surface area contributed by atoms with E-state index in [0.717, 1.165) is 13.2 Å². The first-order valence-corrected chi connectivity index (χ1v) is 14.2. The van der Waals surface area contributed by atoms with E-state index in [2.05, 4.69) is 20.4 Å². The fourth-order valence-corrected chi connectivity index (χ4v) is 4.16. The SMILES string of the molecule is C=CCC(O)(C(=O)c1ccccc1)c1ccccc1.CCCCCCCCOCCCCCCCC. The highest BCUT2D eigenvalue weighted by Crippen LogP contribution is 2.29. The molecule has 2 rings (SSSR count). The van der Waals surface area contributed by atoms with Gasteiger partial charge in [-0.2, -0.15) is 0 Å². The summed E-state index contributed by atoms with van der Waals surface area (Å²) in [5.74, 6) is -0.306. The normalized spacial score (nSPS) is 12.3. The molecular formula is C33H50O3. The fourth-order valence-electron chi connectivity index (χ4n) is 4.16. The number of benzene rings is 2. The van der Waals surface area contributed by atoms with E-state index in [1.54, 1.807) is 42.5 Å². The second kappa shape index (κ2) is 20.9. The number of carbonyl (C=O) groups excluding carboxylic acids is 1. The topological polar surface area (TPSA) is 46.5 Å². The first-order chi connectivity index (χ1) is 17.6. The van der Waals surface area contributed by atoms with Gasteiger partial charge in [-0.3, -0.25) is 4.79 Å². The molecule has 0 spiro atoms. The summed E-state index contributed by atoms with van der Waals surface area (Å²) >= 11 is 0. The molecule has 3 heteroatoms. The summed E-state index contributed by atoms with van der Waals surface area (Å²) < 4.78 is 5.65. The Morgan fingerprint density at radius 3 is 1.67 bits per heavy atom. The minimum Gasteiger partial charge on any atom is -0.381 e. The van der Waals surface area contributed by atoms with Crippen LogP contribution < -0.4 is 0 Å². The standard InChI is InChI=1S/C17H16O2.C16H34O/c1-2-13-17(19,15-11-7-4-8-12-15)16(18)14-9-5-3-6-10-14;1-3-5-7-9-11-13-15-17-16-14-12-10-8-6-4-2/h2-12,19H,1,13H2;3-16H2,1-2H3. The molecule has 0 amide bonds. The molecule has 0 aliphatic carbocycles. The van der Waals surface area contributed by atoms with Gasteiger partial charge in [0.05, 0.1) is 0 Å². The summed E-state index contributed by atoms with van der Waals surface area (Å²) in [7, 11) is 0. The van der Waals surface area contributed by atoms with Crippen LogP contribution in [-0.4, -0.2) is 24.1 Å². The molecule has 1 unspecified atom stereocenters. The summed E-state index contributed by atoms with van der Waals surface area (Å²) in [6, 6.07) is 17.8. The van der Waals surface area contributed by atoms with E-state index in [-0.39, 0.29) is 12.2 Å². The van der Waals surface area contributed by atoms with E-state index in [9.17, 15) is 9.90 Å². The summed E-state index contributed by atoms with van der Waals surface area (Å²) in [5, 5.41) is 10.8. The van der Waals surface area contributed by atoms with Crippen LogP contribution in [0, 0.1) is 0 Å². The largest absolute Gasteiger partial charge is 0.381 e. The molecule has 0 bridgehead atoms. The molecule has 1 atom stereocenters. The molecule has 0 heterocycles. The van der Waals surface area contributed by atoms with Gasteiger partial charge in [0, 0.05) is 25.2 Å². The Labute approximate surface area is 221 Å². The van der Waals surface area contributed by atoms with Gasteiger partial charge in [0.1, 0.15) is 0 Å². The van der Waals surface area contributed by atoms with Crippen molar-refractivity contribution in [1.82, 2.24) is 0 Å². The number of ether oxygens (including phenoxy) is 1. The Bertz CT molecular complexity index is 773. The number of hydrogen-bond acceptors (Lipinski definition) is 3. The third-order valence-corrected chi connectivity index (χ3v) is 6.39. The smallest absolute Gasteiger partial charge is 0.199 e. The fraction of sp³-hybridized carbons (Fsp3) is 0.545. The average Bonchev–Trinajstić information content (AvgIpc) is 2.92. The average molecular weight is 495 g/mol. The van der Waals surface area contributed by atoms with Gasteiger partial charge in [-0.25, -0.2) is 0 Å². The predicted molar refractivity (Wildman–Crippen MR) is 153 cm³/mol. The van der Waals surface area contributed by atoms with Crippen LogP contribution in [0.15, 0.2) is 73.3 Å². The van der Waals surface area contributed by atoms with Gasteiger partial charge in [0.2, 0.25) is 0 Å². The highest BCUT2D eigenvalue weighted by molar-refractivity contribution is 6.02. The molecule has 2 aromatic carbocycles. The molecule has 200 valence electrons. The molecule has 0 aromatic heterocycles. The Hall–Kier alpha value is -2.23. The van der Waals surface area contributed by atoms with Crippen molar-refractivity contribution >= 4 is 5.78 Å². The van der Waals surface area contributed by atoms with E-state index < -0.39 is 5.60 Å². The zero-order valence-electron chi connectivity index (χ0n) is 22.9. The minimum atomic E-state index is -1.55. The minimum absolute atomic E-state index is 0.185. The van der Waals surface area contributed by atoms with Crippen molar-refractivity contribution in [2.24, 2.45) is 0 Å². The number of Topliss-reactive ketones (excluding diaryl/α,β-unsaturated/α-hetero) is 1. The maximum absolute atomic E-state index is 12.6. The third kappa shape index (κ3) is 13.2. The van der Waals surface area contributed by atoms with Crippen LogP contribution in [0.3, 0.4) is 0 Å². The number of unbranched alkanes of at least 4 members (excludes halogenated alkanes) is 10.